The van der Waals surface area contributed by atoms with Gasteiger partial charge in [-0.3, -0.25) is 4.90 Å². The zero-order valence-electron chi connectivity index (χ0n) is 12.3. The zero-order chi connectivity index (χ0) is 14.0. The highest BCUT2D eigenvalue weighted by atomic mass is 35.5. The fourth-order valence-electron chi connectivity index (χ4n) is 3.19. The van der Waals surface area contributed by atoms with Gasteiger partial charge in [0.2, 0.25) is 5.89 Å². The van der Waals surface area contributed by atoms with Crippen LogP contribution < -0.4 is 5.32 Å². The molecule has 1 aromatic heterocycles. The fourth-order valence-corrected chi connectivity index (χ4v) is 3.19. The van der Waals surface area contributed by atoms with Crippen molar-refractivity contribution < 1.29 is 4.52 Å². The number of rotatable bonds is 2. The van der Waals surface area contributed by atoms with Crippen LogP contribution in [0.5, 0.6) is 0 Å². The van der Waals surface area contributed by atoms with Gasteiger partial charge in [0.15, 0.2) is 5.82 Å². The smallest absolute Gasteiger partial charge is 0.247 e. The molecule has 1 atom stereocenters. The van der Waals surface area contributed by atoms with Gasteiger partial charge < -0.3 is 9.84 Å². The van der Waals surface area contributed by atoms with Gasteiger partial charge >= 0.3 is 0 Å². The Balaban J connectivity index is 0.00000161. The third-order valence-corrected chi connectivity index (χ3v) is 4.58. The number of nitrogens with zero attached hydrogens (tertiary/aromatic N) is 4. The maximum absolute atomic E-state index is 9.57. The molecule has 0 aromatic carbocycles. The molecule has 0 amide bonds. The molecule has 3 rings (SSSR count). The van der Waals surface area contributed by atoms with Crippen LogP contribution in [0.1, 0.15) is 49.9 Å². The molecular formula is C14H22ClN5O. The minimum atomic E-state index is -0.551. The van der Waals surface area contributed by atoms with Crippen LogP contribution in [0, 0.1) is 11.3 Å². The van der Waals surface area contributed by atoms with Crippen molar-refractivity contribution in [1.29, 1.82) is 5.26 Å². The predicted octanol–water partition coefficient (Wildman–Crippen LogP) is 1.79. The summed E-state index contributed by atoms with van der Waals surface area (Å²) in [7, 11) is 2.07. The second-order valence-corrected chi connectivity index (χ2v) is 5.91. The molecule has 0 bridgehead atoms. The monoisotopic (exact) mass is 311 g/mol. The minimum absolute atomic E-state index is 0. The summed E-state index contributed by atoms with van der Waals surface area (Å²) in [5, 5.41) is 17.1. The lowest BCUT2D eigenvalue weighted by Gasteiger charge is -2.30. The molecule has 1 aromatic rings. The van der Waals surface area contributed by atoms with E-state index in [1.807, 2.05) is 0 Å². The van der Waals surface area contributed by atoms with Gasteiger partial charge in [0.1, 0.15) is 5.41 Å². The van der Waals surface area contributed by atoms with E-state index in [0.29, 0.717) is 11.7 Å². The SMILES string of the molecule is CN1CCNCC1c1noc(C2(C#N)CCCCC2)n1.Cl. The number of aromatic nitrogens is 2. The molecule has 2 fully saturated rings. The van der Waals surface area contributed by atoms with Crippen LogP contribution in [0.25, 0.3) is 0 Å². The summed E-state index contributed by atoms with van der Waals surface area (Å²) in [5.41, 5.74) is -0.551. The lowest BCUT2D eigenvalue weighted by atomic mass is 9.75. The predicted molar refractivity (Wildman–Crippen MR) is 80.2 cm³/mol. The third kappa shape index (κ3) is 3.05. The zero-order valence-corrected chi connectivity index (χ0v) is 13.2. The summed E-state index contributed by atoms with van der Waals surface area (Å²) in [6.07, 6.45) is 5.00. The Bertz CT molecular complexity index is 506. The van der Waals surface area contributed by atoms with Crippen molar-refractivity contribution in [2.75, 3.05) is 26.7 Å². The molecular weight excluding hydrogens is 290 g/mol. The number of piperazine rings is 1. The summed E-state index contributed by atoms with van der Waals surface area (Å²) in [5.74, 6) is 1.23. The summed E-state index contributed by atoms with van der Waals surface area (Å²) >= 11 is 0. The maximum Gasteiger partial charge on any atom is 0.247 e. The first kappa shape index (κ1) is 16.2. The number of hydrogen-bond donors (Lipinski definition) is 1. The Hall–Kier alpha value is -1.16. The van der Waals surface area contributed by atoms with Crippen LogP contribution >= 0.6 is 12.4 Å². The molecule has 21 heavy (non-hydrogen) atoms. The van der Waals surface area contributed by atoms with Gasteiger partial charge in [0.05, 0.1) is 12.1 Å². The molecule has 1 saturated heterocycles. The Morgan fingerprint density at radius 2 is 2.14 bits per heavy atom. The highest BCUT2D eigenvalue weighted by Gasteiger charge is 2.40. The van der Waals surface area contributed by atoms with Crippen molar-refractivity contribution in [3.8, 4) is 6.07 Å². The average molecular weight is 312 g/mol. The molecule has 1 N–H and O–H groups in total. The van der Waals surface area contributed by atoms with Crippen LogP contribution in [-0.2, 0) is 5.41 Å². The minimum Gasteiger partial charge on any atom is -0.338 e. The lowest BCUT2D eigenvalue weighted by Crippen LogP contribution is -2.44. The van der Waals surface area contributed by atoms with E-state index in [4.69, 9.17) is 4.52 Å². The fraction of sp³-hybridized carbons (Fsp3) is 0.786. The van der Waals surface area contributed by atoms with Gasteiger partial charge in [-0.1, -0.05) is 24.4 Å². The Kier molecular flexibility index (Phi) is 5.20. The van der Waals surface area contributed by atoms with Crippen LogP contribution in [0.3, 0.4) is 0 Å². The van der Waals surface area contributed by atoms with Crippen molar-refractivity contribution >= 4 is 12.4 Å². The molecule has 1 aliphatic carbocycles. The molecule has 2 heterocycles. The van der Waals surface area contributed by atoms with Crippen molar-refractivity contribution in [2.24, 2.45) is 0 Å². The number of hydrogen-bond acceptors (Lipinski definition) is 6. The van der Waals surface area contributed by atoms with Crippen LogP contribution in [0.15, 0.2) is 4.52 Å². The molecule has 0 spiro atoms. The van der Waals surface area contributed by atoms with Crippen molar-refractivity contribution in [3.05, 3.63) is 11.7 Å². The third-order valence-electron chi connectivity index (χ3n) is 4.58. The van der Waals surface area contributed by atoms with E-state index >= 15 is 0 Å². The van der Waals surface area contributed by atoms with Crippen LogP contribution in [0.2, 0.25) is 0 Å². The number of likely N-dealkylation sites (N-methyl/N-ethyl adjacent to an activating group) is 1. The largest absolute Gasteiger partial charge is 0.338 e. The molecule has 6 nitrogen and oxygen atoms in total. The van der Waals surface area contributed by atoms with Gasteiger partial charge in [0.25, 0.3) is 0 Å². The van der Waals surface area contributed by atoms with Gasteiger partial charge in [-0.15, -0.1) is 12.4 Å². The van der Waals surface area contributed by atoms with Crippen molar-refractivity contribution in [3.63, 3.8) is 0 Å². The van der Waals surface area contributed by atoms with Crippen LogP contribution in [-0.4, -0.2) is 41.7 Å². The molecule has 7 heteroatoms. The Morgan fingerprint density at radius 3 is 2.81 bits per heavy atom. The summed E-state index contributed by atoms with van der Waals surface area (Å²) in [4.78, 5) is 6.80. The van der Waals surface area contributed by atoms with E-state index < -0.39 is 5.41 Å². The summed E-state index contributed by atoms with van der Waals surface area (Å²) in [6.45, 7) is 2.78. The first-order chi connectivity index (χ1) is 9.75. The first-order valence-electron chi connectivity index (χ1n) is 7.41. The highest BCUT2D eigenvalue weighted by molar-refractivity contribution is 5.85. The molecule has 2 aliphatic rings. The quantitative estimate of drug-likeness (QED) is 0.897. The second kappa shape index (κ2) is 6.73. The molecule has 1 saturated carbocycles. The topological polar surface area (TPSA) is 78.0 Å². The Morgan fingerprint density at radius 1 is 1.38 bits per heavy atom. The first-order valence-corrected chi connectivity index (χ1v) is 7.41. The number of nitrogens with one attached hydrogen (secondary N) is 1. The van der Waals surface area contributed by atoms with Gasteiger partial charge in [-0.25, -0.2) is 0 Å². The van der Waals surface area contributed by atoms with Gasteiger partial charge in [0, 0.05) is 19.6 Å². The van der Waals surface area contributed by atoms with Crippen LogP contribution in [0.4, 0.5) is 0 Å². The summed E-state index contributed by atoms with van der Waals surface area (Å²) < 4.78 is 5.46. The normalized spacial score (nSPS) is 25.8. The molecule has 0 radical (unpaired) electrons. The van der Waals surface area contributed by atoms with E-state index in [-0.39, 0.29) is 18.4 Å². The van der Waals surface area contributed by atoms with Gasteiger partial charge in [-0.2, -0.15) is 10.2 Å². The molecule has 1 aliphatic heterocycles. The lowest BCUT2D eigenvalue weighted by molar-refractivity contribution is 0.189. The molecule has 116 valence electrons. The van der Waals surface area contributed by atoms with E-state index in [9.17, 15) is 5.26 Å². The second-order valence-electron chi connectivity index (χ2n) is 5.91. The summed E-state index contributed by atoms with van der Waals surface area (Å²) in [6, 6.07) is 2.58. The van der Waals surface area contributed by atoms with Crippen molar-refractivity contribution in [2.45, 2.75) is 43.6 Å². The van der Waals surface area contributed by atoms with E-state index in [1.54, 1.807) is 0 Å². The van der Waals surface area contributed by atoms with Crippen molar-refractivity contribution in [1.82, 2.24) is 20.4 Å². The van der Waals surface area contributed by atoms with E-state index in [0.717, 1.165) is 45.3 Å². The standard InChI is InChI=1S/C14H21N5O.ClH/c1-19-8-7-16-9-11(19)12-17-13(20-18-12)14(10-15)5-3-2-4-6-14;/h11,16H,2-9H2,1H3;1H. The Labute approximate surface area is 131 Å². The number of nitriles is 1. The molecule has 1 unspecified atom stereocenters. The number of halogens is 1. The maximum atomic E-state index is 9.57. The highest BCUT2D eigenvalue weighted by Crippen LogP contribution is 2.38. The van der Waals surface area contributed by atoms with Gasteiger partial charge in [-0.05, 0) is 19.9 Å². The average Bonchev–Trinajstić information content (AvgIpc) is 2.98. The van der Waals surface area contributed by atoms with E-state index in [2.05, 4.69) is 33.5 Å². The van der Waals surface area contributed by atoms with E-state index in [1.165, 1.54) is 6.42 Å².